The highest BCUT2D eigenvalue weighted by molar-refractivity contribution is 6.88. The van der Waals surface area contributed by atoms with E-state index in [1.165, 1.54) is 0 Å². The SMILES string of the molecule is COCc1ccc([C@@H](NC(=O)C2CNC(=O)C2)C(=O)Nc2cc(F)c([Si](C)(C)C)cc2F)cc1. The Morgan fingerprint density at radius 1 is 1.15 bits per heavy atom. The molecule has 1 unspecified atom stereocenters. The van der Waals surface area contributed by atoms with Crippen LogP contribution in [0, 0.1) is 17.6 Å². The van der Waals surface area contributed by atoms with Gasteiger partial charge in [0.15, 0.2) is 0 Å². The fraction of sp³-hybridized carbons (Fsp3) is 0.375. The van der Waals surface area contributed by atoms with Crippen molar-refractivity contribution in [2.75, 3.05) is 19.0 Å². The van der Waals surface area contributed by atoms with Crippen LogP contribution in [0.15, 0.2) is 36.4 Å². The maximum atomic E-state index is 14.8. The molecular weight excluding hydrogens is 460 g/mol. The van der Waals surface area contributed by atoms with Crippen molar-refractivity contribution < 1.29 is 27.9 Å². The lowest BCUT2D eigenvalue weighted by atomic mass is 10.0. The van der Waals surface area contributed by atoms with Gasteiger partial charge >= 0.3 is 0 Å². The van der Waals surface area contributed by atoms with Gasteiger partial charge in [-0.15, -0.1) is 0 Å². The van der Waals surface area contributed by atoms with Crippen molar-refractivity contribution >= 4 is 36.7 Å². The van der Waals surface area contributed by atoms with Gasteiger partial charge in [-0.3, -0.25) is 14.4 Å². The monoisotopic (exact) mass is 489 g/mol. The van der Waals surface area contributed by atoms with Gasteiger partial charge in [0.1, 0.15) is 17.7 Å². The van der Waals surface area contributed by atoms with Gasteiger partial charge in [0.05, 0.1) is 26.3 Å². The summed E-state index contributed by atoms with van der Waals surface area (Å²) < 4.78 is 34.5. The summed E-state index contributed by atoms with van der Waals surface area (Å²) in [6.07, 6.45) is 0.0188. The second-order valence-corrected chi connectivity index (χ2v) is 14.4. The van der Waals surface area contributed by atoms with Crippen LogP contribution in [0.25, 0.3) is 0 Å². The Morgan fingerprint density at radius 3 is 2.38 bits per heavy atom. The van der Waals surface area contributed by atoms with Crippen molar-refractivity contribution in [1.29, 1.82) is 0 Å². The van der Waals surface area contributed by atoms with E-state index in [1.54, 1.807) is 31.4 Å². The quantitative estimate of drug-likeness (QED) is 0.497. The summed E-state index contributed by atoms with van der Waals surface area (Å²) in [4.78, 5) is 37.4. The first-order valence-electron chi connectivity index (χ1n) is 10.9. The zero-order valence-corrected chi connectivity index (χ0v) is 20.6. The number of halogens is 2. The Bertz CT molecular complexity index is 1090. The number of amides is 3. The predicted molar refractivity (Wildman–Crippen MR) is 127 cm³/mol. The summed E-state index contributed by atoms with van der Waals surface area (Å²) in [6, 6.07) is 7.72. The summed E-state index contributed by atoms with van der Waals surface area (Å²) in [5.74, 6) is -3.43. The Labute approximate surface area is 198 Å². The number of ether oxygens (including phenoxy) is 1. The van der Waals surface area contributed by atoms with Crippen molar-refractivity contribution in [2.45, 2.75) is 38.7 Å². The number of hydrogen-bond donors (Lipinski definition) is 3. The molecule has 0 aromatic heterocycles. The summed E-state index contributed by atoms with van der Waals surface area (Å²) in [7, 11) is -0.572. The van der Waals surface area contributed by atoms with Crippen molar-refractivity contribution in [2.24, 2.45) is 5.92 Å². The van der Waals surface area contributed by atoms with Crippen LogP contribution in [0.5, 0.6) is 0 Å². The van der Waals surface area contributed by atoms with E-state index in [0.29, 0.717) is 17.4 Å². The Kier molecular flexibility index (Phi) is 7.83. The number of carbonyl (C=O) groups is 3. The number of carbonyl (C=O) groups excluding carboxylic acids is 3. The molecule has 1 aliphatic heterocycles. The highest BCUT2D eigenvalue weighted by atomic mass is 28.3. The first-order chi connectivity index (χ1) is 16.0. The number of anilines is 1. The first kappa shape index (κ1) is 25.5. The van der Waals surface area contributed by atoms with E-state index in [2.05, 4.69) is 16.0 Å². The van der Waals surface area contributed by atoms with Gasteiger partial charge in [0, 0.05) is 26.1 Å². The van der Waals surface area contributed by atoms with Gasteiger partial charge in [0.2, 0.25) is 11.8 Å². The zero-order chi connectivity index (χ0) is 25.0. The fourth-order valence-corrected chi connectivity index (χ4v) is 5.09. The van der Waals surface area contributed by atoms with Gasteiger partial charge in [0.25, 0.3) is 5.91 Å². The number of methoxy groups -OCH3 is 1. The van der Waals surface area contributed by atoms with Crippen LogP contribution in [0.4, 0.5) is 14.5 Å². The molecule has 1 fully saturated rings. The maximum Gasteiger partial charge on any atom is 0.251 e. The lowest BCUT2D eigenvalue weighted by molar-refractivity contribution is -0.129. The zero-order valence-electron chi connectivity index (χ0n) is 19.6. The molecule has 0 spiro atoms. The smallest absolute Gasteiger partial charge is 0.251 e. The largest absolute Gasteiger partial charge is 0.380 e. The van der Waals surface area contributed by atoms with Crippen LogP contribution in [-0.4, -0.2) is 39.4 Å². The molecule has 0 saturated carbocycles. The van der Waals surface area contributed by atoms with Crippen molar-refractivity contribution in [3.8, 4) is 0 Å². The molecule has 0 aliphatic carbocycles. The van der Waals surface area contributed by atoms with E-state index in [4.69, 9.17) is 4.74 Å². The molecule has 2 aromatic rings. The van der Waals surface area contributed by atoms with E-state index in [1.807, 2.05) is 19.6 Å². The normalized spacial score (nSPS) is 16.6. The minimum absolute atomic E-state index is 0.0188. The standard InChI is InChI=1S/C24H29F2N3O4Si/c1-33-13-14-5-7-15(8-6-14)22(29-23(31)16-9-21(30)27-12-16)24(32)28-19-10-18(26)20(11-17(19)25)34(2,3)4/h5-8,10-11,16,22H,9,12-13H2,1-4H3,(H,27,30)(H,28,32)(H,29,31)/t16?,22-/m1/s1. The molecule has 34 heavy (non-hydrogen) atoms. The van der Waals surface area contributed by atoms with Crippen molar-refractivity contribution in [3.05, 3.63) is 59.2 Å². The summed E-state index contributed by atoms with van der Waals surface area (Å²) in [6.45, 7) is 6.22. The minimum atomic E-state index is -2.13. The molecule has 2 aromatic carbocycles. The van der Waals surface area contributed by atoms with Crippen molar-refractivity contribution in [1.82, 2.24) is 10.6 Å². The van der Waals surface area contributed by atoms with Crippen LogP contribution in [0.1, 0.15) is 23.6 Å². The molecule has 2 atom stereocenters. The van der Waals surface area contributed by atoms with E-state index >= 15 is 0 Å². The highest BCUT2D eigenvalue weighted by Gasteiger charge is 2.32. The molecular formula is C24H29F2N3O4Si. The molecule has 7 nitrogen and oxygen atoms in total. The molecule has 182 valence electrons. The summed E-state index contributed by atoms with van der Waals surface area (Å²) in [5, 5.41) is 7.97. The molecule has 0 bridgehead atoms. The Balaban J connectivity index is 1.87. The third kappa shape index (κ3) is 6.06. The van der Waals surface area contributed by atoms with Crippen LogP contribution in [-0.2, 0) is 25.7 Å². The lowest BCUT2D eigenvalue weighted by Gasteiger charge is -2.22. The molecule has 1 aliphatic rings. The molecule has 3 amide bonds. The van der Waals surface area contributed by atoms with Gasteiger partial charge < -0.3 is 20.7 Å². The average molecular weight is 490 g/mol. The van der Waals surface area contributed by atoms with E-state index in [0.717, 1.165) is 17.7 Å². The van der Waals surface area contributed by atoms with E-state index in [-0.39, 0.29) is 24.6 Å². The average Bonchev–Trinajstić information content (AvgIpc) is 3.20. The lowest BCUT2D eigenvalue weighted by Crippen LogP contribution is -2.41. The van der Waals surface area contributed by atoms with Gasteiger partial charge in [-0.2, -0.15) is 0 Å². The van der Waals surface area contributed by atoms with E-state index in [9.17, 15) is 23.2 Å². The maximum absolute atomic E-state index is 14.8. The van der Waals surface area contributed by atoms with Crippen LogP contribution >= 0.6 is 0 Å². The van der Waals surface area contributed by atoms with Crippen LogP contribution in [0.3, 0.4) is 0 Å². The molecule has 1 saturated heterocycles. The number of rotatable bonds is 8. The third-order valence-corrected chi connectivity index (χ3v) is 7.64. The predicted octanol–water partition coefficient (Wildman–Crippen LogP) is 2.59. The van der Waals surface area contributed by atoms with Crippen LogP contribution < -0.4 is 21.1 Å². The fourth-order valence-electron chi connectivity index (χ4n) is 3.75. The summed E-state index contributed by atoms with van der Waals surface area (Å²) >= 11 is 0. The number of nitrogens with one attached hydrogen (secondary N) is 3. The molecule has 3 rings (SSSR count). The third-order valence-electron chi connectivity index (χ3n) is 5.64. The Morgan fingerprint density at radius 2 is 1.82 bits per heavy atom. The highest BCUT2D eigenvalue weighted by Crippen LogP contribution is 2.22. The number of benzene rings is 2. The molecule has 0 radical (unpaired) electrons. The number of hydrogen-bond acceptors (Lipinski definition) is 4. The Hall–Kier alpha value is -3.11. The molecule has 1 heterocycles. The first-order valence-corrected chi connectivity index (χ1v) is 14.4. The molecule has 10 heteroatoms. The van der Waals surface area contributed by atoms with E-state index < -0.39 is 43.5 Å². The second-order valence-electron chi connectivity index (χ2n) is 9.37. The van der Waals surface area contributed by atoms with Gasteiger partial charge in [-0.05, 0) is 22.4 Å². The summed E-state index contributed by atoms with van der Waals surface area (Å²) in [5.41, 5.74) is 0.998. The minimum Gasteiger partial charge on any atom is -0.380 e. The van der Waals surface area contributed by atoms with Crippen molar-refractivity contribution in [3.63, 3.8) is 0 Å². The topological polar surface area (TPSA) is 96.5 Å². The van der Waals surface area contributed by atoms with Gasteiger partial charge in [-0.25, -0.2) is 8.78 Å². The van der Waals surface area contributed by atoms with Gasteiger partial charge in [-0.1, -0.05) is 43.9 Å². The molecule has 3 N–H and O–H groups in total. The second kappa shape index (κ2) is 10.4. The van der Waals surface area contributed by atoms with Crippen LogP contribution in [0.2, 0.25) is 19.6 Å².